The lowest BCUT2D eigenvalue weighted by molar-refractivity contribution is 0.457. The van der Waals surface area contributed by atoms with E-state index in [0.717, 1.165) is 20.3 Å². The van der Waals surface area contributed by atoms with Crippen LogP contribution in [0, 0.1) is 6.92 Å². The third-order valence-corrected chi connectivity index (χ3v) is 7.62. The summed E-state index contributed by atoms with van der Waals surface area (Å²) in [6.07, 6.45) is 4.04. The summed E-state index contributed by atoms with van der Waals surface area (Å²) in [5.41, 5.74) is 0.948. The van der Waals surface area contributed by atoms with Crippen molar-refractivity contribution in [2.75, 3.05) is 0 Å². The second kappa shape index (κ2) is 13.6. The van der Waals surface area contributed by atoms with Crippen molar-refractivity contribution in [2.45, 2.75) is 32.1 Å². The molecule has 0 unspecified atom stereocenters. The third-order valence-electron chi connectivity index (χ3n) is 6.39. The maximum absolute atomic E-state index is 13.9. The molecule has 0 saturated heterocycles. The lowest BCUT2D eigenvalue weighted by Gasteiger charge is -2.19. The van der Waals surface area contributed by atoms with Gasteiger partial charge in [-0.05, 0) is 62.7 Å². The van der Waals surface area contributed by atoms with Crippen LogP contribution in [0.15, 0.2) is 142 Å². The molecule has 4 aromatic carbocycles. The quantitative estimate of drug-likeness (QED) is 0.168. The van der Waals surface area contributed by atoms with Gasteiger partial charge >= 0.3 is 15.8 Å². The largest absolute Gasteiger partial charge is 0.359 e. The molecule has 0 amide bonds. The first-order valence-corrected chi connectivity index (χ1v) is 14.8. The molecule has 1 heterocycles. The highest BCUT2D eigenvalue weighted by Gasteiger charge is 2.28. The van der Waals surface area contributed by atoms with Crippen LogP contribution >= 0.6 is 0 Å². The van der Waals surface area contributed by atoms with E-state index in [-0.39, 0.29) is 22.8 Å². The third kappa shape index (κ3) is 6.85. The van der Waals surface area contributed by atoms with Crippen LogP contribution in [0.2, 0.25) is 0 Å². The Labute approximate surface area is 245 Å². The number of para-hydroxylation sites is 2. The Morgan fingerprint density at radius 3 is 1.64 bits per heavy atom. The number of nitrogens with zero attached hydrogens (tertiary/aromatic N) is 2. The normalized spacial score (nSPS) is 11.1. The number of aromatic nitrogens is 2. The number of benzene rings is 4. The number of allylic oxidation sites excluding steroid dienone is 2. The monoisotopic (exact) mass is 580 g/mol. The zero-order chi connectivity index (χ0) is 30.1. The molecule has 0 aliphatic carbocycles. The van der Waals surface area contributed by atoms with Gasteiger partial charge < -0.3 is 4.18 Å². The van der Waals surface area contributed by atoms with Crippen LogP contribution in [0.1, 0.15) is 30.5 Å². The van der Waals surface area contributed by atoms with Gasteiger partial charge in [-0.15, -0.1) is 0 Å². The Hall–Kier alpha value is -4.95. The zero-order valence-corrected chi connectivity index (χ0v) is 24.5. The topological polar surface area (TPSA) is 87.4 Å². The Kier molecular flexibility index (Phi) is 9.73. The van der Waals surface area contributed by atoms with E-state index in [9.17, 15) is 18.0 Å². The molecule has 0 radical (unpaired) electrons. The summed E-state index contributed by atoms with van der Waals surface area (Å²) in [6.45, 7) is 5.84. The fourth-order valence-electron chi connectivity index (χ4n) is 4.14. The first kappa shape index (κ1) is 30.0. The fraction of sp³-hybridized carbons (Fsp3) is 0.118. The number of hydrogen-bond acceptors (Lipinski definition) is 5. The second-order valence-electron chi connectivity index (χ2n) is 9.39. The summed E-state index contributed by atoms with van der Waals surface area (Å²) < 4.78 is 34.7. The average Bonchev–Trinajstić information content (AvgIpc) is 3.01. The van der Waals surface area contributed by atoms with Gasteiger partial charge in [-0.3, -0.25) is 4.79 Å². The van der Waals surface area contributed by atoms with Crippen LogP contribution in [0.5, 0.6) is 5.88 Å². The highest BCUT2D eigenvalue weighted by atomic mass is 32.2. The van der Waals surface area contributed by atoms with Crippen molar-refractivity contribution in [3.05, 3.63) is 165 Å². The van der Waals surface area contributed by atoms with Crippen molar-refractivity contribution in [2.24, 2.45) is 0 Å². The van der Waals surface area contributed by atoms with Gasteiger partial charge in [-0.25, -0.2) is 13.9 Å². The SMILES string of the molecule is C/C=C\C.Cc1ccc(S(=O)(=O)Oc2c(Cc3ccccc3)c(=O)n(-c3ccccc3)c(=O)n2-c2ccccc2)cc1. The summed E-state index contributed by atoms with van der Waals surface area (Å²) >= 11 is 0. The first-order valence-electron chi connectivity index (χ1n) is 13.4. The van der Waals surface area contributed by atoms with Gasteiger partial charge in [0.2, 0.25) is 5.88 Å². The summed E-state index contributed by atoms with van der Waals surface area (Å²) in [7, 11) is -4.39. The number of hydrogen-bond donors (Lipinski definition) is 0. The van der Waals surface area contributed by atoms with Crippen LogP contribution in [0.25, 0.3) is 11.4 Å². The van der Waals surface area contributed by atoms with Gasteiger partial charge in [-0.1, -0.05) is 96.6 Å². The Morgan fingerprint density at radius 1 is 0.667 bits per heavy atom. The van der Waals surface area contributed by atoms with Crippen molar-refractivity contribution < 1.29 is 12.6 Å². The summed E-state index contributed by atoms with van der Waals surface area (Å²) in [6, 6.07) is 32.3. The Bertz CT molecular complexity index is 1870. The van der Waals surface area contributed by atoms with Gasteiger partial charge in [0.15, 0.2) is 0 Å². The number of rotatable bonds is 7. The maximum Gasteiger partial charge on any atom is 0.343 e. The molecule has 0 fully saturated rings. The molecule has 0 bridgehead atoms. The smallest absolute Gasteiger partial charge is 0.343 e. The minimum atomic E-state index is -4.39. The first-order chi connectivity index (χ1) is 20.3. The molecular formula is C34H32N2O5S. The van der Waals surface area contributed by atoms with E-state index in [1.165, 1.54) is 12.1 Å². The van der Waals surface area contributed by atoms with Crippen molar-refractivity contribution in [3.8, 4) is 17.3 Å². The van der Waals surface area contributed by atoms with Gasteiger partial charge in [-0.2, -0.15) is 8.42 Å². The van der Waals surface area contributed by atoms with Crippen LogP contribution in [0.3, 0.4) is 0 Å². The molecule has 1 aromatic heterocycles. The molecule has 7 nitrogen and oxygen atoms in total. The molecule has 42 heavy (non-hydrogen) atoms. The van der Waals surface area contributed by atoms with Crippen molar-refractivity contribution >= 4 is 10.1 Å². The van der Waals surface area contributed by atoms with Gasteiger partial charge in [0.05, 0.1) is 16.9 Å². The van der Waals surface area contributed by atoms with Crippen molar-refractivity contribution in [3.63, 3.8) is 0 Å². The molecule has 0 N–H and O–H groups in total. The van der Waals surface area contributed by atoms with E-state index in [4.69, 9.17) is 4.18 Å². The minimum absolute atomic E-state index is 0.0270. The van der Waals surface area contributed by atoms with E-state index in [2.05, 4.69) is 0 Å². The van der Waals surface area contributed by atoms with Crippen LogP contribution in [-0.4, -0.2) is 17.6 Å². The van der Waals surface area contributed by atoms with Crippen molar-refractivity contribution in [1.82, 2.24) is 9.13 Å². The molecule has 214 valence electrons. The lowest BCUT2D eigenvalue weighted by atomic mass is 10.1. The molecule has 5 aromatic rings. The van der Waals surface area contributed by atoms with E-state index in [1.54, 1.807) is 72.8 Å². The summed E-state index contributed by atoms with van der Waals surface area (Å²) in [4.78, 5) is 27.8. The average molecular weight is 581 g/mol. The van der Waals surface area contributed by atoms with Crippen molar-refractivity contribution in [1.29, 1.82) is 0 Å². The Balaban J connectivity index is 0.000000952. The van der Waals surface area contributed by atoms with E-state index < -0.39 is 21.4 Å². The zero-order valence-electron chi connectivity index (χ0n) is 23.7. The lowest BCUT2D eigenvalue weighted by Crippen LogP contribution is -2.41. The van der Waals surface area contributed by atoms with Crippen LogP contribution in [-0.2, 0) is 16.5 Å². The molecule has 0 spiro atoms. The Morgan fingerprint density at radius 2 is 1.14 bits per heavy atom. The van der Waals surface area contributed by atoms with Crippen LogP contribution in [0.4, 0.5) is 0 Å². The van der Waals surface area contributed by atoms with Crippen LogP contribution < -0.4 is 15.4 Å². The molecule has 0 aliphatic heterocycles. The van der Waals surface area contributed by atoms with Gasteiger partial charge in [0, 0.05) is 6.42 Å². The summed E-state index contributed by atoms with van der Waals surface area (Å²) in [5, 5.41) is 0. The highest BCUT2D eigenvalue weighted by molar-refractivity contribution is 7.87. The molecule has 5 rings (SSSR count). The van der Waals surface area contributed by atoms with E-state index in [1.807, 2.05) is 63.3 Å². The molecule has 0 atom stereocenters. The molecule has 0 saturated carbocycles. The number of aryl methyl sites for hydroxylation is 1. The molecular weight excluding hydrogens is 548 g/mol. The van der Waals surface area contributed by atoms with Gasteiger partial charge in [0.1, 0.15) is 4.90 Å². The minimum Gasteiger partial charge on any atom is -0.359 e. The highest BCUT2D eigenvalue weighted by Crippen LogP contribution is 2.26. The van der Waals surface area contributed by atoms with E-state index in [0.29, 0.717) is 11.4 Å². The van der Waals surface area contributed by atoms with E-state index >= 15 is 0 Å². The maximum atomic E-state index is 13.9. The fourth-order valence-corrected chi connectivity index (χ4v) is 5.09. The van der Waals surface area contributed by atoms with Gasteiger partial charge in [0.25, 0.3) is 5.56 Å². The molecule has 0 aliphatic rings. The standard InChI is InChI=1S/C30H24N2O5S.C4H8/c1-22-17-19-26(20-18-22)38(35,36)37-29-27(21-23-11-5-2-6-12-23)28(33)31(24-13-7-3-8-14-24)30(34)32(29)25-15-9-4-10-16-25;1-3-4-2/h2-20H,21H2,1H3;3-4H,1-2H3/b;4-3-. The second-order valence-corrected chi connectivity index (χ2v) is 10.9. The predicted molar refractivity (Wildman–Crippen MR) is 166 cm³/mol. The molecule has 8 heteroatoms. The predicted octanol–water partition coefficient (Wildman–Crippen LogP) is 6.24. The summed E-state index contributed by atoms with van der Waals surface area (Å²) in [5.74, 6) is -0.345.